The van der Waals surface area contributed by atoms with E-state index < -0.39 is 11.6 Å². The van der Waals surface area contributed by atoms with Gasteiger partial charge in [0.05, 0.1) is 0 Å². The Morgan fingerprint density at radius 2 is 1.95 bits per heavy atom. The first-order chi connectivity index (χ1) is 9.10. The number of nitrogens with zero attached hydrogens (tertiary/aromatic N) is 3. The molecule has 102 valence electrons. The van der Waals surface area contributed by atoms with Gasteiger partial charge < -0.3 is 15.2 Å². The number of nitrogens with one attached hydrogen (secondary N) is 2. The molecule has 0 bridgehead atoms. The van der Waals surface area contributed by atoms with Crippen molar-refractivity contribution < 1.29 is 13.3 Å². The molecule has 0 aliphatic heterocycles. The van der Waals surface area contributed by atoms with Crippen LogP contribution < -0.4 is 10.6 Å². The lowest BCUT2D eigenvalue weighted by Gasteiger charge is -2.08. The first-order valence-corrected chi connectivity index (χ1v) is 5.67. The van der Waals surface area contributed by atoms with Crippen LogP contribution in [-0.2, 0) is 6.42 Å². The van der Waals surface area contributed by atoms with Crippen molar-refractivity contribution >= 4 is 11.6 Å². The standard InChI is InChI=1S/C11H13F2N5O/c1-6-16-9(18-19-6)3-4-15-11-8(13)5-7(12)10(14-2)17-11/h5H,3-4H2,1-2H3,(H2,14,15,17). The highest BCUT2D eigenvalue weighted by atomic mass is 19.1. The first-order valence-electron chi connectivity index (χ1n) is 5.67. The van der Waals surface area contributed by atoms with Gasteiger partial charge in [-0.2, -0.15) is 4.98 Å². The second kappa shape index (κ2) is 5.59. The van der Waals surface area contributed by atoms with Crippen molar-refractivity contribution in [1.29, 1.82) is 0 Å². The lowest BCUT2D eigenvalue weighted by atomic mass is 10.3. The van der Waals surface area contributed by atoms with Gasteiger partial charge in [-0.05, 0) is 0 Å². The van der Waals surface area contributed by atoms with Crippen molar-refractivity contribution in [2.75, 3.05) is 24.2 Å². The molecule has 0 amide bonds. The molecule has 2 rings (SSSR count). The molecule has 0 radical (unpaired) electrons. The Morgan fingerprint density at radius 1 is 1.21 bits per heavy atom. The molecule has 0 spiro atoms. The van der Waals surface area contributed by atoms with Crippen LogP contribution in [0.15, 0.2) is 10.6 Å². The summed E-state index contributed by atoms with van der Waals surface area (Å²) in [5.74, 6) is -0.537. The van der Waals surface area contributed by atoms with Crippen LogP contribution in [0.25, 0.3) is 0 Å². The summed E-state index contributed by atoms with van der Waals surface area (Å²) in [7, 11) is 1.51. The van der Waals surface area contributed by atoms with Crippen molar-refractivity contribution in [1.82, 2.24) is 15.1 Å². The van der Waals surface area contributed by atoms with Gasteiger partial charge >= 0.3 is 0 Å². The Balaban J connectivity index is 1.99. The van der Waals surface area contributed by atoms with Crippen LogP contribution >= 0.6 is 0 Å². The first kappa shape index (κ1) is 13.2. The van der Waals surface area contributed by atoms with Crippen LogP contribution in [0.1, 0.15) is 11.7 Å². The maximum absolute atomic E-state index is 13.5. The van der Waals surface area contributed by atoms with E-state index in [9.17, 15) is 8.78 Å². The summed E-state index contributed by atoms with van der Waals surface area (Å²) in [6.45, 7) is 2.04. The van der Waals surface area contributed by atoms with Gasteiger partial charge in [0.15, 0.2) is 29.1 Å². The van der Waals surface area contributed by atoms with Crippen molar-refractivity contribution in [3.8, 4) is 0 Å². The highest BCUT2D eigenvalue weighted by molar-refractivity contribution is 5.47. The Kier molecular flexibility index (Phi) is 3.88. The summed E-state index contributed by atoms with van der Waals surface area (Å²) in [6, 6.07) is 0.777. The third kappa shape index (κ3) is 3.15. The van der Waals surface area contributed by atoms with E-state index in [0.717, 1.165) is 6.07 Å². The Bertz CT molecular complexity index is 572. The molecule has 0 unspecified atom stereocenters. The topological polar surface area (TPSA) is 75.9 Å². The molecular weight excluding hydrogens is 256 g/mol. The predicted octanol–water partition coefficient (Wildman–Crippen LogP) is 1.75. The maximum Gasteiger partial charge on any atom is 0.223 e. The van der Waals surface area contributed by atoms with Gasteiger partial charge in [0.25, 0.3) is 0 Å². The van der Waals surface area contributed by atoms with Crippen LogP contribution in [0.3, 0.4) is 0 Å². The summed E-state index contributed by atoms with van der Waals surface area (Å²) >= 11 is 0. The molecule has 19 heavy (non-hydrogen) atoms. The monoisotopic (exact) mass is 269 g/mol. The van der Waals surface area contributed by atoms with Crippen molar-refractivity contribution in [2.45, 2.75) is 13.3 Å². The smallest absolute Gasteiger partial charge is 0.223 e. The van der Waals surface area contributed by atoms with E-state index in [1.165, 1.54) is 7.05 Å². The molecule has 2 heterocycles. The Morgan fingerprint density at radius 3 is 2.58 bits per heavy atom. The van der Waals surface area contributed by atoms with Crippen LogP contribution in [0.2, 0.25) is 0 Å². The second-order valence-electron chi connectivity index (χ2n) is 3.81. The minimum Gasteiger partial charge on any atom is -0.371 e. The normalized spacial score (nSPS) is 10.5. The maximum atomic E-state index is 13.5. The van der Waals surface area contributed by atoms with Gasteiger partial charge in [-0.1, -0.05) is 5.16 Å². The fourth-order valence-electron chi connectivity index (χ4n) is 1.50. The van der Waals surface area contributed by atoms with Crippen molar-refractivity contribution in [3.05, 3.63) is 29.4 Å². The molecule has 0 aromatic carbocycles. The molecule has 8 heteroatoms. The SMILES string of the molecule is CNc1nc(NCCc2noc(C)n2)c(F)cc1F. The molecule has 6 nitrogen and oxygen atoms in total. The Labute approximate surface area is 108 Å². The molecule has 2 aromatic rings. The molecule has 0 saturated heterocycles. The minimum absolute atomic E-state index is 0.0145. The van der Waals surface area contributed by atoms with E-state index in [4.69, 9.17) is 4.52 Å². The molecule has 0 aliphatic rings. The molecule has 0 aliphatic carbocycles. The van der Waals surface area contributed by atoms with Crippen LogP contribution in [0.4, 0.5) is 20.4 Å². The van der Waals surface area contributed by atoms with E-state index in [1.54, 1.807) is 6.92 Å². The highest BCUT2D eigenvalue weighted by Gasteiger charge is 2.11. The van der Waals surface area contributed by atoms with Crippen molar-refractivity contribution in [2.24, 2.45) is 0 Å². The average molecular weight is 269 g/mol. The highest BCUT2D eigenvalue weighted by Crippen LogP contribution is 2.18. The number of aryl methyl sites for hydroxylation is 1. The summed E-state index contributed by atoms with van der Waals surface area (Å²) in [5.41, 5.74) is 0. The number of anilines is 2. The molecule has 0 fully saturated rings. The summed E-state index contributed by atoms with van der Waals surface area (Å²) in [5, 5.41) is 9.00. The molecule has 0 saturated carbocycles. The van der Waals surface area contributed by atoms with Crippen molar-refractivity contribution in [3.63, 3.8) is 0 Å². The third-order valence-corrected chi connectivity index (χ3v) is 2.38. The van der Waals surface area contributed by atoms with Gasteiger partial charge in [0.2, 0.25) is 5.89 Å². The average Bonchev–Trinajstić information content (AvgIpc) is 2.78. The lowest BCUT2D eigenvalue weighted by Crippen LogP contribution is -2.10. The second-order valence-corrected chi connectivity index (χ2v) is 3.81. The third-order valence-electron chi connectivity index (χ3n) is 2.38. The number of halogens is 2. The number of hydrogen-bond donors (Lipinski definition) is 2. The van der Waals surface area contributed by atoms with E-state index in [0.29, 0.717) is 24.7 Å². The fourth-order valence-corrected chi connectivity index (χ4v) is 1.50. The van der Waals surface area contributed by atoms with Crippen LogP contribution in [0, 0.1) is 18.6 Å². The van der Waals surface area contributed by atoms with Crippen LogP contribution in [-0.4, -0.2) is 28.7 Å². The zero-order valence-electron chi connectivity index (χ0n) is 10.5. The molecule has 0 atom stereocenters. The summed E-state index contributed by atoms with van der Waals surface area (Å²) in [6.07, 6.45) is 0.449. The largest absolute Gasteiger partial charge is 0.371 e. The van der Waals surface area contributed by atoms with E-state index in [-0.39, 0.29) is 11.6 Å². The van der Waals surface area contributed by atoms with Gasteiger partial charge in [-0.15, -0.1) is 0 Å². The van der Waals surface area contributed by atoms with Gasteiger partial charge in [0.1, 0.15) is 0 Å². The van der Waals surface area contributed by atoms with Crippen LogP contribution in [0.5, 0.6) is 0 Å². The summed E-state index contributed by atoms with van der Waals surface area (Å²) in [4.78, 5) is 7.80. The molecular formula is C11H13F2N5O. The zero-order chi connectivity index (χ0) is 13.8. The minimum atomic E-state index is -0.749. The number of hydrogen-bond acceptors (Lipinski definition) is 6. The van der Waals surface area contributed by atoms with E-state index in [1.807, 2.05) is 0 Å². The summed E-state index contributed by atoms with van der Waals surface area (Å²) < 4.78 is 31.5. The number of rotatable bonds is 5. The quantitative estimate of drug-likeness (QED) is 0.861. The van der Waals surface area contributed by atoms with Gasteiger partial charge in [-0.3, -0.25) is 0 Å². The number of pyridine rings is 1. The molecule has 2 aromatic heterocycles. The van der Waals surface area contributed by atoms with E-state index >= 15 is 0 Å². The number of aromatic nitrogens is 3. The molecule has 2 N–H and O–H groups in total. The zero-order valence-corrected chi connectivity index (χ0v) is 10.5. The van der Waals surface area contributed by atoms with E-state index in [2.05, 4.69) is 25.8 Å². The predicted molar refractivity (Wildman–Crippen MR) is 64.9 cm³/mol. The Hall–Kier alpha value is -2.25. The fraction of sp³-hybridized carbons (Fsp3) is 0.364. The lowest BCUT2D eigenvalue weighted by molar-refractivity contribution is 0.387. The van der Waals surface area contributed by atoms with Gasteiger partial charge in [0, 0.05) is 33.0 Å². The van der Waals surface area contributed by atoms with Gasteiger partial charge in [-0.25, -0.2) is 13.8 Å².